The summed E-state index contributed by atoms with van der Waals surface area (Å²) in [5, 5.41) is 22.9. The fourth-order valence-corrected chi connectivity index (χ4v) is 2.05. The van der Waals surface area contributed by atoms with Crippen LogP contribution in [0.1, 0.15) is 26.3 Å². The molecule has 7 heteroatoms. The maximum atomic E-state index is 12.2. The molecule has 21 heavy (non-hydrogen) atoms. The maximum Gasteiger partial charge on any atom is 0.309 e. The number of nitro groups is 1. The van der Waals surface area contributed by atoms with Gasteiger partial charge in [0.2, 0.25) is 5.91 Å². The number of hydrogen-bond donors (Lipinski definition) is 1. The molecule has 0 aliphatic rings. The molecule has 0 saturated carbocycles. The van der Waals surface area contributed by atoms with Gasteiger partial charge in [-0.3, -0.25) is 14.9 Å². The van der Waals surface area contributed by atoms with E-state index in [4.69, 9.17) is 5.26 Å². The predicted molar refractivity (Wildman–Crippen MR) is 78.8 cm³/mol. The topological polar surface area (TPSA) is 99.3 Å². The van der Waals surface area contributed by atoms with Gasteiger partial charge < -0.3 is 10.2 Å². The van der Waals surface area contributed by atoms with E-state index >= 15 is 0 Å². The molecule has 0 radical (unpaired) electrons. The number of anilines is 1. The van der Waals surface area contributed by atoms with Crippen molar-refractivity contribution >= 4 is 17.3 Å². The molecule has 1 aromatic carbocycles. The van der Waals surface area contributed by atoms with E-state index in [9.17, 15) is 14.9 Å². The second-order valence-corrected chi connectivity index (χ2v) is 4.45. The molecule has 7 nitrogen and oxygen atoms in total. The van der Waals surface area contributed by atoms with E-state index in [1.54, 1.807) is 24.0 Å². The Kier molecular flexibility index (Phi) is 5.67. The average Bonchev–Trinajstić information content (AvgIpc) is 2.47. The van der Waals surface area contributed by atoms with Gasteiger partial charge in [-0.15, -0.1) is 0 Å². The van der Waals surface area contributed by atoms with Crippen LogP contribution in [0.4, 0.5) is 11.4 Å². The lowest BCUT2D eigenvalue weighted by Crippen LogP contribution is -2.41. The maximum absolute atomic E-state index is 12.2. The van der Waals surface area contributed by atoms with Crippen molar-refractivity contribution in [3.63, 3.8) is 0 Å². The Morgan fingerprint density at radius 3 is 2.57 bits per heavy atom. The van der Waals surface area contributed by atoms with Crippen LogP contribution in [0.3, 0.4) is 0 Å². The summed E-state index contributed by atoms with van der Waals surface area (Å²) in [6.45, 7) is 6.52. The number of carbonyl (C=O) groups excluding carboxylic acids is 1. The van der Waals surface area contributed by atoms with Crippen molar-refractivity contribution in [3.05, 3.63) is 33.9 Å². The van der Waals surface area contributed by atoms with E-state index in [1.165, 1.54) is 12.1 Å². The van der Waals surface area contributed by atoms with E-state index in [1.807, 2.05) is 13.8 Å². The summed E-state index contributed by atoms with van der Waals surface area (Å²) in [4.78, 5) is 24.3. The van der Waals surface area contributed by atoms with Crippen molar-refractivity contribution in [3.8, 4) is 6.07 Å². The number of nitriles is 1. The van der Waals surface area contributed by atoms with Crippen LogP contribution in [0.2, 0.25) is 0 Å². The Labute approximate surface area is 123 Å². The highest BCUT2D eigenvalue weighted by Crippen LogP contribution is 2.28. The van der Waals surface area contributed by atoms with Crippen LogP contribution in [0.25, 0.3) is 0 Å². The summed E-state index contributed by atoms with van der Waals surface area (Å²) >= 11 is 0. The molecule has 0 fully saturated rings. The van der Waals surface area contributed by atoms with Gasteiger partial charge in [-0.2, -0.15) is 5.26 Å². The predicted octanol–water partition coefficient (Wildman–Crippen LogP) is 2.14. The van der Waals surface area contributed by atoms with Gasteiger partial charge in [0.15, 0.2) is 0 Å². The molecule has 112 valence electrons. The first-order valence-corrected chi connectivity index (χ1v) is 6.69. The number of likely N-dealkylation sites (N-methyl/N-ethyl adjacent to an activating group) is 1. The third kappa shape index (κ3) is 3.69. The molecule has 1 unspecified atom stereocenters. The Morgan fingerprint density at radius 1 is 1.48 bits per heavy atom. The fourth-order valence-electron chi connectivity index (χ4n) is 2.05. The number of nitrogens with one attached hydrogen (secondary N) is 1. The molecule has 0 spiro atoms. The standard InChI is InChI=1S/C14H18N4O3/c1-4-17(5-2)14(19)10(3)16-12-8-6-7-11(9-15)13(12)18(20)21/h6-8,10,16H,4-5H2,1-3H3. The summed E-state index contributed by atoms with van der Waals surface area (Å²) in [6, 6.07) is 5.58. The van der Waals surface area contributed by atoms with Crippen LogP contribution in [0, 0.1) is 21.4 Å². The van der Waals surface area contributed by atoms with Crippen molar-refractivity contribution in [2.45, 2.75) is 26.8 Å². The molecule has 0 saturated heterocycles. The first-order chi connectivity index (χ1) is 9.96. The Balaban J connectivity index is 3.06. The molecule has 0 aliphatic carbocycles. The number of para-hydroxylation sites is 1. The Bertz CT molecular complexity index is 576. The minimum absolute atomic E-state index is 0.0347. The van der Waals surface area contributed by atoms with Crippen molar-refractivity contribution in [2.75, 3.05) is 18.4 Å². The number of rotatable bonds is 6. The first-order valence-electron chi connectivity index (χ1n) is 6.69. The molecule has 1 amide bonds. The molecule has 0 heterocycles. The number of hydrogen-bond acceptors (Lipinski definition) is 5. The van der Waals surface area contributed by atoms with Crippen molar-refractivity contribution in [1.29, 1.82) is 5.26 Å². The molecule has 0 aromatic heterocycles. The van der Waals surface area contributed by atoms with E-state index in [0.717, 1.165) is 0 Å². The van der Waals surface area contributed by atoms with E-state index in [0.29, 0.717) is 13.1 Å². The Hall–Kier alpha value is -2.62. The van der Waals surface area contributed by atoms with Gasteiger partial charge in [-0.25, -0.2) is 0 Å². The molecule has 1 rings (SSSR count). The molecule has 1 aromatic rings. The third-order valence-corrected chi connectivity index (χ3v) is 3.16. The average molecular weight is 290 g/mol. The zero-order valence-corrected chi connectivity index (χ0v) is 12.3. The largest absolute Gasteiger partial charge is 0.368 e. The van der Waals surface area contributed by atoms with Crippen LogP contribution < -0.4 is 5.32 Å². The van der Waals surface area contributed by atoms with Crippen LogP contribution in [0.5, 0.6) is 0 Å². The number of nitro benzene ring substituents is 1. The van der Waals surface area contributed by atoms with Crippen molar-refractivity contribution in [1.82, 2.24) is 4.90 Å². The number of amides is 1. The molecule has 0 bridgehead atoms. The summed E-state index contributed by atoms with van der Waals surface area (Å²) in [6.07, 6.45) is 0. The minimum atomic E-state index is -0.616. The van der Waals surface area contributed by atoms with Crippen LogP contribution in [-0.2, 0) is 4.79 Å². The zero-order chi connectivity index (χ0) is 16.0. The minimum Gasteiger partial charge on any atom is -0.368 e. The summed E-state index contributed by atoms with van der Waals surface area (Å²) in [7, 11) is 0. The molecule has 0 aliphatic heterocycles. The lowest BCUT2D eigenvalue weighted by Gasteiger charge is -2.24. The number of carbonyl (C=O) groups is 1. The summed E-state index contributed by atoms with van der Waals surface area (Å²) in [5.74, 6) is -0.142. The third-order valence-electron chi connectivity index (χ3n) is 3.16. The molecule has 1 atom stereocenters. The monoisotopic (exact) mass is 290 g/mol. The van der Waals surface area contributed by atoms with Gasteiger partial charge in [0.25, 0.3) is 0 Å². The number of benzene rings is 1. The molecular formula is C14H18N4O3. The van der Waals surface area contributed by atoms with Crippen LogP contribution in [0.15, 0.2) is 18.2 Å². The summed E-state index contributed by atoms with van der Waals surface area (Å²) < 4.78 is 0. The second kappa shape index (κ2) is 7.24. The second-order valence-electron chi connectivity index (χ2n) is 4.45. The summed E-state index contributed by atoms with van der Waals surface area (Å²) in [5.41, 5.74) is -0.168. The van der Waals surface area contributed by atoms with Crippen LogP contribution in [-0.4, -0.2) is 34.9 Å². The van der Waals surface area contributed by atoms with E-state index in [2.05, 4.69) is 5.32 Å². The Morgan fingerprint density at radius 2 is 2.10 bits per heavy atom. The molecular weight excluding hydrogens is 272 g/mol. The SMILES string of the molecule is CCN(CC)C(=O)C(C)Nc1cccc(C#N)c1[N+](=O)[O-]. The molecule has 1 N–H and O–H groups in total. The van der Waals surface area contributed by atoms with Gasteiger partial charge in [-0.1, -0.05) is 6.07 Å². The van der Waals surface area contributed by atoms with Crippen molar-refractivity contribution < 1.29 is 9.72 Å². The van der Waals surface area contributed by atoms with E-state index < -0.39 is 11.0 Å². The van der Waals surface area contributed by atoms with Gasteiger partial charge in [0, 0.05) is 13.1 Å². The number of nitrogens with zero attached hydrogens (tertiary/aromatic N) is 3. The van der Waals surface area contributed by atoms with Crippen LogP contribution >= 0.6 is 0 Å². The lowest BCUT2D eigenvalue weighted by atomic mass is 10.1. The normalized spacial score (nSPS) is 11.3. The van der Waals surface area contributed by atoms with Gasteiger partial charge in [0.1, 0.15) is 23.4 Å². The lowest BCUT2D eigenvalue weighted by molar-refractivity contribution is -0.384. The highest BCUT2D eigenvalue weighted by Gasteiger charge is 2.24. The highest BCUT2D eigenvalue weighted by molar-refractivity contribution is 5.85. The van der Waals surface area contributed by atoms with Crippen molar-refractivity contribution in [2.24, 2.45) is 0 Å². The zero-order valence-electron chi connectivity index (χ0n) is 12.3. The van der Waals surface area contributed by atoms with E-state index in [-0.39, 0.29) is 22.8 Å². The van der Waals surface area contributed by atoms with Gasteiger partial charge in [0.05, 0.1) is 4.92 Å². The fraction of sp³-hybridized carbons (Fsp3) is 0.429. The highest BCUT2D eigenvalue weighted by atomic mass is 16.6. The van der Waals surface area contributed by atoms with Gasteiger partial charge in [-0.05, 0) is 32.9 Å². The first kappa shape index (κ1) is 16.4. The smallest absolute Gasteiger partial charge is 0.309 e. The quantitative estimate of drug-likeness (QED) is 0.639. The van der Waals surface area contributed by atoms with Gasteiger partial charge >= 0.3 is 5.69 Å².